The van der Waals surface area contributed by atoms with E-state index in [0.29, 0.717) is 24.2 Å². The maximum atomic E-state index is 13.6. The van der Waals surface area contributed by atoms with Crippen LogP contribution in [0.4, 0.5) is 5.69 Å². The molecule has 1 aliphatic rings. The van der Waals surface area contributed by atoms with Crippen molar-refractivity contribution in [1.82, 2.24) is 13.7 Å². The van der Waals surface area contributed by atoms with Gasteiger partial charge in [-0.25, -0.2) is 9.36 Å². The number of nitrogens with two attached hydrogens (primary N) is 1. The van der Waals surface area contributed by atoms with Gasteiger partial charge in [-0.05, 0) is 50.1 Å². The molecule has 0 aliphatic heterocycles. The van der Waals surface area contributed by atoms with Crippen LogP contribution in [0.5, 0.6) is 5.75 Å². The number of aromatic nitrogens is 3. The Morgan fingerprint density at radius 1 is 1.00 bits per heavy atom. The number of nitrogens with zero attached hydrogens (tertiary/aromatic N) is 3. The predicted molar refractivity (Wildman–Crippen MR) is 131 cm³/mol. The average molecular weight is 495 g/mol. The van der Waals surface area contributed by atoms with Crippen LogP contribution in [0.2, 0.25) is 0 Å². The van der Waals surface area contributed by atoms with Crippen molar-refractivity contribution in [2.24, 2.45) is 7.05 Å². The maximum Gasteiger partial charge on any atom is 0.339 e. The minimum absolute atomic E-state index is 0.0934. The Labute approximate surface area is 199 Å². The Morgan fingerprint density at radius 2 is 1.69 bits per heavy atom. The molecular formula is C24H22N4O6S. The molecule has 35 heavy (non-hydrogen) atoms. The lowest BCUT2D eigenvalue weighted by Crippen LogP contribution is -2.41. The van der Waals surface area contributed by atoms with E-state index in [4.69, 9.17) is 9.92 Å². The van der Waals surface area contributed by atoms with Gasteiger partial charge in [0.1, 0.15) is 15.9 Å². The van der Waals surface area contributed by atoms with Crippen LogP contribution in [0.15, 0.2) is 73.9 Å². The molecule has 1 saturated carbocycles. The van der Waals surface area contributed by atoms with E-state index in [9.17, 15) is 22.8 Å². The van der Waals surface area contributed by atoms with E-state index >= 15 is 0 Å². The third-order valence-electron chi connectivity index (χ3n) is 5.96. The molecule has 0 atom stereocenters. The molecule has 11 heteroatoms. The SMILES string of the molecule is Cc1ccc(S(=O)(=O)Oc2cc(=O)n(C)c3c2c(=O)n(C2CC2)c(=O)n3-c2cccc(N)c2)cc1. The predicted octanol–water partition coefficient (Wildman–Crippen LogP) is 1.84. The van der Waals surface area contributed by atoms with Gasteiger partial charge in [-0.3, -0.25) is 18.7 Å². The van der Waals surface area contributed by atoms with Gasteiger partial charge < -0.3 is 9.92 Å². The molecule has 1 fully saturated rings. The maximum absolute atomic E-state index is 13.6. The highest BCUT2D eigenvalue weighted by Crippen LogP contribution is 2.34. The van der Waals surface area contributed by atoms with Crippen LogP contribution in [0, 0.1) is 6.92 Å². The Bertz CT molecular complexity index is 1780. The summed E-state index contributed by atoms with van der Waals surface area (Å²) in [5.41, 5.74) is 5.34. The van der Waals surface area contributed by atoms with Crippen molar-refractivity contribution in [1.29, 1.82) is 0 Å². The van der Waals surface area contributed by atoms with E-state index in [1.165, 1.54) is 29.8 Å². The summed E-state index contributed by atoms with van der Waals surface area (Å²) in [6, 6.07) is 13.0. The molecule has 5 rings (SSSR count). The van der Waals surface area contributed by atoms with Crippen molar-refractivity contribution in [3.05, 3.63) is 91.4 Å². The molecule has 0 spiro atoms. The Hall–Kier alpha value is -4.12. The lowest BCUT2D eigenvalue weighted by molar-refractivity contribution is 0.486. The Morgan fingerprint density at radius 3 is 2.31 bits per heavy atom. The van der Waals surface area contributed by atoms with Gasteiger partial charge in [0.2, 0.25) is 0 Å². The number of hydrogen-bond donors (Lipinski definition) is 1. The fourth-order valence-corrected chi connectivity index (χ4v) is 4.95. The molecule has 10 nitrogen and oxygen atoms in total. The van der Waals surface area contributed by atoms with Crippen LogP contribution in [-0.2, 0) is 17.2 Å². The van der Waals surface area contributed by atoms with Gasteiger partial charge in [-0.15, -0.1) is 0 Å². The molecule has 0 saturated heterocycles. The van der Waals surface area contributed by atoms with Gasteiger partial charge in [0.15, 0.2) is 5.75 Å². The Kier molecular flexibility index (Phi) is 5.17. The summed E-state index contributed by atoms with van der Waals surface area (Å²) in [5, 5.41) is -0.197. The van der Waals surface area contributed by atoms with E-state index in [0.717, 1.165) is 20.8 Å². The quantitative estimate of drug-likeness (QED) is 0.330. The van der Waals surface area contributed by atoms with Crippen LogP contribution in [0.25, 0.3) is 16.7 Å². The molecule has 0 unspecified atom stereocenters. The van der Waals surface area contributed by atoms with Crippen molar-refractivity contribution in [2.75, 3.05) is 5.73 Å². The molecule has 180 valence electrons. The van der Waals surface area contributed by atoms with E-state index in [1.807, 2.05) is 6.92 Å². The molecular weight excluding hydrogens is 472 g/mol. The second-order valence-corrected chi connectivity index (χ2v) is 10.1. The average Bonchev–Trinajstić information content (AvgIpc) is 3.62. The van der Waals surface area contributed by atoms with Gasteiger partial charge in [-0.1, -0.05) is 23.8 Å². The summed E-state index contributed by atoms with van der Waals surface area (Å²) < 4.78 is 34.8. The lowest BCUT2D eigenvalue weighted by atomic mass is 10.2. The first-order valence-corrected chi connectivity index (χ1v) is 12.3. The summed E-state index contributed by atoms with van der Waals surface area (Å²) in [4.78, 5) is 39.8. The highest BCUT2D eigenvalue weighted by Gasteiger charge is 2.32. The minimum atomic E-state index is -4.38. The number of anilines is 1. The molecule has 0 bridgehead atoms. The summed E-state index contributed by atoms with van der Waals surface area (Å²) in [6.07, 6.45) is 1.25. The number of aryl methyl sites for hydroxylation is 2. The Balaban J connectivity index is 1.87. The zero-order chi connectivity index (χ0) is 25.1. The smallest absolute Gasteiger partial charge is 0.339 e. The zero-order valence-corrected chi connectivity index (χ0v) is 19.8. The standard InChI is InChI=1S/C24H22N4O6S/c1-14-6-10-18(11-7-14)35(32,33)34-19-13-20(29)26(2)22-21(19)23(30)28(16-8-9-16)24(31)27(22)17-5-3-4-15(25)12-17/h3-7,10-13,16H,8-9,25H2,1-2H3. The zero-order valence-electron chi connectivity index (χ0n) is 19.0. The summed E-state index contributed by atoms with van der Waals surface area (Å²) >= 11 is 0. The number of pyridine rings is 1. The van der Waals surface area contributed by atoms with Crippen molar-refractivity contribution in [2.45, 2.75) is 30.7 Å². The first-order chi connectivity index (χ1) is 16.6. The fraction of sp³-hybridized carbons (Fsp3) is 0.208. The topological polar surface area (TPSA) is 135 Å². The molecule has 0 amide bonds. The monoisotopic (exact) mass is 494 g/mol. The third kappa shape index (κ3) is 3.83. The lowest BCUT2D eigenvalue weighted by Gasteiger charge is -2.18. The van der Waals surface area contributed by atoms with Crippen molar-refractivity contribution < 1.29 is 12.6 Å². The van der Waals surface area contributed by atoms with E-state index in [-0.39, 0.29) is 22.0 Å². The molecule has 4 aromatic rings. The van der Waals surface area contributed by atoms with Gasteiger partial charge in [0.25, 0.3) is 11.1 Å². The first-order valence-electron chi connectivity index (χ1n) is 10.9. The van der Waals surface area contributed by atoms with Crippen LogP contribution < -0.4 is 26.7 Å². The van der Waals surface area contributed by atoms with E-state index in [1.54, 1.807) is 30.3 Å². The number of nitrogen functional groups attached to an aromatic ring is 1. The largest absolute Gasteiger partial charge is 0.399 e. The van der Waals surface area contributed by atoms with Gasteiger partial charge in [0.05, 0.1) is 5.69 Å². The second-order valence-electron chi connectivity index (χ2n) is 8.57. The van der Waals surface area contributed by atoms with Gasteiger partial charge in [-0.2, -0.15) is 8.42 Å². The van der Waals surface area contributed by atoms with Crippen molar-refractivity contribution in [3.8, 4) is 11.4 Å². The van der Waals surface area contributed by atoms with Crippen LogP contribution in [-0.4, -0.2) is 22.1 Å². The van der Waals surface area contributed by atoms with Crippen molar-refractivity contribution in [3.63, 3.8) is 0 Å². The first kappa shape index (κ1) is 22.7. The molecule has 2 heterocycles. The molecule has 1 aliphatic carbocycles. The highest BCUT2D eigenvalue weighted by molar-refractivity contribution is 7.87. The van der Waals surface area contributed by atoms with Crippen LogP contribution in [0.3, 0.4) is 0 Å². The third-order valence-corrected chi connectivity index (χ3v) is 7.21. The molecule has 2 N–H and O–H groups in total. The normalized spacial score (nSPS) is 13.8. The molecule has 2 aromatic heterocycles. The number of fused-ring (bicyclic) bond motifs is 1. The molecule has 0 radical (unpaired) electrons. The van der Waals surface area contributed by atoms with Gasteiger partial charge >= 0.3 is 15.8 Å². The highest BCUT2D eigenvalue weighted by atomic mass is 32.2. The fourth-order valence-electron chi connectivity index (χ4n) is 4.02. The van der Waals surface area contributed by atoms with E-state index in [2.05, 4.69) is 0 Å². The number of hydrogen-bond acceptors (Lipinski definition) is 7. The van der Waals surface area contributed by atoms with E-state index < -0.39 is 32.7 Å². The molecule has 2 aromatic carbocycles. The number of benzene rings is 2. The van der Waals surface area contributed by atoms with Gasteiger partial charge in [0, 0.05) is 24.8 Å². The van der Waals surface area contributed by atoms with Crippen LogP contribution >= 0.6 is 0 Å². The summed E-state index contributed by atoms with van der Waals surface area (Å²) in [5.74, 6) is -0.444. The van der Waals surface area contributed by atoms with Crippen LogP contribution in [0.1, 0.15) is 24.4 Å². The summed E-state index contributed by atoms with van der Waals surface area (Å²) in [7, 11) is -2.99. The van der Waals surface area contributed by atoms with Crippen molar-refractivity contribution >= 4 is 26.8 Å². The summed E-state index contributed by atoms with van der Waals surface area (Å²) in [6.45, 7) is 1.81. The number of rotatable bonds is 5. The second kappa shape index (κ2) is 7.98. The minimum Gasteiger partial charge on any atom is -0.399 e.